The third kappa shape index (κ3) is 12.6. The van der Waals surface area contributed by atoms with Crippen molar-refractivity contribution in [2.75, 3.05) is 20.3 Å². The van der Waals surface area contributed by atoms with Crippen molar-refractivity contribution in [3.8, 4) is 0 Å². The highest BCUT2D eigenvalue weighted by Gasteiger charge is 2.15. The Morgan fingerprint density at radius 3 is 2.00 bits per heavy atom. The van der Waals surface area contributed by atoms with Crippen molar-refractivity contribution < 1.29 is 23.8 Å². The van der Waals surface area contributed by atoms with Crippen LogP contribution in [0.25, 0.3) is 0 Å². The van der Waals surface area contributed by atoms with Crippen molar-refractivity contribution in [1.29, 1.82) is 0 Å². The van der Waals surface area contributed by atoms with E-state index in [0.717, 1.165) is 0 Å². The van der Waals surface area contributed by atoms with Crippen molar-refractivity contribution in [3.63, 3.8) is 0 Å². The van der Waals surface area contributed by atoms with Gasteiger partial charge in [0.25, 0.3) is 0 Å². The number of carbonyl (C=O) groups is 2. The van der Waals surface area contributed by atoms with Gasteiger partial charge < -0.3 is 14.2 Å². The number of rotatable bonds is 7. The molecule has 7 heteroatoms. The quantitative estimate of drug-likeness (QED) is 0.422. The average Bonchev–Trinajstić information content (AvgIpc) is 2.37. The van der Waals surface area contributed by atoms with E-state index in [2.05, 4.69) is 37.2 Å². The Morgan fingerprint density at radius 1 is 1.06 bits per heavy atom. The summed E-state index contributed by atoms with van der Waals surface area (Å²) in [4.78, 5) is 21.9. The lowest BCUT2D eigenvalue weighted by Crippen LogP contribution is -2.29. The van der Waals surface area contributed by atoms with Gasteiger partial charge in [0.1, 0.15) is 6.61 Å². The summed E-state index contributed by atoms with van der Waals surface area (Å²) in [6, 6.07) is 0. The number of hydrogen-bond donors (Lipinski definition) is 0. The molecule has 0 bridgehead atoms. The van der Waals surface area contributed by atoms with E-state index >= 15 is 0 Å². The molecule has 0 aromatic heterocycles. The third-order valence-corrected chi connectivity index (χ3v) is 1.66. The lowest BCUT2D eigenvalue weighted by molar-refractivity contribution is -0.161. The summed E-state index contributed by atoms with van der Waals surface area (Å²) in [5.41, 5.74) is 0. The monoisotopic (exact) mass is 472 g/mol. The molecule has 0 heterocycles. The molecule has 0 aliphatic rings. The summed E-state index contributed by atoms with van der Waals surface area (Å²) in [6.45, 7) is 3.67. The van der Waals surface area contributed by atoms with Crippen LogP contribution in [0.4, 0.5) is 0 Å². The zero-order chi connectivity index (χ0) is 13.7. The number of hydrogen-bond acceptors (Lipinski definition) is 5. The van der Waals surface area contributed by atoms with E-state index < -0.39 is 6.10 Å². The van der Waals surface area contributed by atoms with Crippen LogP contribution in [-0.2, 0) is 23.8 Å². The summed E-state index contributed by atoms with van der Waals surface area (Å²) in [6.07, 6.45) is 0.0848. The number of methoxy groups -OCH3 is 1. The van der Waals surface area contributed by atoms with Crippen molar-refractivity contribution in [1.82, 2.24) is 0 Å². The number of carbonyl (C=O) groups excluding carboxylic acids is 2. The van der Waals surface area contributed by atoms with Gasteiger partial charge in [-0.3, -0.25) is 9.59 Å². The molecule has 0 spiro atoms. The summed E-state index contributed by atoms with van der Waals surface area (Å²) in [5.74, 6) is -0.645. The van der Waals surface area contributed by atoms with Crippen LogP contribution in [0.15, 0.2) is 0 Å². The zero-order valence-electron chi connectivity index (χ0n) is 10.2. The number of esters is 2. The van der Waals surface area contributed by atoms with Crippen LogP contribution in [-0.4, -0.2) is 38.4 Å². The van der Waals surface area contributed by atoms with Crippen LogP contribution < -0.4 is 0 Å². The van der Waals surface area contributed by atoms with Gasteiger partial charge in [0, 0.05) is 57.2 Å². The Labute approximate surface area is 125 Å². The summed E-state index contributed by atoms with van der Waals surface area (Å²) >= 11 is 4.24. The molecule has 0 amide bonds. The molecule has 0 saturated heterocycles. The Hall–Kier alpha value is 0.360. The first-order valence-electron chi connectivity index (χ1n) is 5.12. The van der Waals surface area contributed by atoms with Crippen molar-refractivity contribution >= 4 is 49.2 Å². The van der Waals surface area contributed by atoms with Crippen LogP contribution in [0.5, 0.6) is 0 Å². The molecule has 0 aromatic rings. The maximum Gasteiger partial charge on any atom is 0.305 e. The Morgan fingerprint density at radius 2 is 1.59 bits per heavy atom. The van der Waals surface area contributed by atoms with Gasteiger partial charge in [-0.05, 0) is 0 Å². The first-order valence-corrected chi connectivity index (χ1v) is 11.4. The van der Waals surface area contributed by atoms with Gasteiger partial charge in [0.2, 0.25) is 0 Å². The fraction of sp³-hybridized carbons (Fsp3) is 0.800. The van der Waals surface area contributed by atoms with E-state index in [0.29, 0.717) is 12.8 Å². The van der Waals surface area contributed by atoms with Gasteiger partial charge in [-0.25, -0.2) is 0 Å². The van der Waals surface area contributed by atoms with Crippen LogP contribution in [0.3, 0.4) is 0 Å². The Bertz CT molecular complexity index is 211. The highest BCUT2D eigenvalue weighted by molar-refractivity contribution is 15.0. The molecule has 0 aliphatic heterocycles. The topological polar surface area (TPSA) is 61.8 Å². The minimum absolute atomic E-state index is 0.0479. The van der Waals surface area contributed by atoms with Gasteiger partial charge in [-0.15, -0.1) is 0 Å². The maximum absolute atomic E-state index is 11.0. The van der Waals surface area contributed by atoms with E-state index in [4.69, 9.17) is 14.2 Å². The molecule has 1 atom stereocenters. The highest BCUT2D eigenvalue weighted by atomic mass is 128. The van der Waals surface area contributed by atoms with Gasteiger partial charge in [0.15, 0.2) is 6.10 Å². The van der Waals surface area contributed by atoms with Crippen molar-refractivity contribution in [2.45, 2.75) is 32.8 Å². The zero-order valence-corrected chi connectivity index (χ0v) is 14.5. The first kappa shape index (κ1) is 19.7. The minimum atomic E-state index is -0.516. The predicted molar refractivity (Wildman–Crippen MR) is 81.3 cm³/mol. The summed E-state index contributed by atoms with van der Waals surface area (Å²) in [5, 5.41) is 0. The fourth-order valence-electron chi connectivity index (χ4n) is 0.859. The van der Waals surface area contributed by atoms with Crippen LogP contribution in [0.1, 0.15) is 26.7 Å². The normalized spacial score (nSPS) is 10.9. The van der Waals surface area contributed by atoms with E-state index in [1.54, 1.807) is 13.8 Å². The lowest BCUT2D eigenvalue weighted by atomic mass is 10.4. The average molecular weight is 472 g/mol. The molecule has 0 saturated carbocycles. The largest absolute Gasteiger partial charge is 0.462 e. The number of halogens is 2. The maximum atomic E-state index is 11.0. The second-order valence-corrected chi connectivity index (χ2v) is 2.96. The first-order chi connectivity index (χ1) is 8.13. The Kier molecular flexibility index (Phi) is 16.7. The standard InChI is InChI=1S/C10H18O5.I2/c1-4-9(11)14-7-8(6-13-3)15-10(12)5-2;1-2/h8H,4-7H2,1-3H3;. The smallest absolute Gasteiger partial charge is 0.305 e. The molecule has 0 aromatic carbocycles. The van der Waals surface area contributed by atoms with E-state index in [-0.39, 0.29) is 25.2 Å². The molecule has 0 N–H and O–H groups in total. The second kappa shape index (κ2) is 14.4. The van der Waals surface area contributed by atoms with E-state index in [9.17, 15) is 9.59 Å². The van der Waals surface area contributed by atoms with Crippen LogP contribution >= 0.6 is 37.2 Å². The van der Waals surface area contributed by atoms with Crippen molar-refractivity contribution in [2.24, 2.45) is 0 Å². The van der Waals surface area contributed by atoms with Gasteiger partial charge >= 0.3 is 11.9 Å². The predicted octanol–water partition coefficient (Wildman–Crippen LogP) is 2.68. The summed E-state index contributed by atoms with van der Waals surface area (Å²) in [7, 11) is 1.49. The number of ether oxygens (including phenoxy) is 3. The molecule has 0 rings (SSSR count). The SMILES string of the molecule is CCC(=O)OCC(COC)OC(=O)CC.II. The fourth-order valence-corrected chi connectivity index (χ4v) is 0.859. The van der Waals surface area contributed by atoms with E-state index in [1.807, 2.05) is 0 Å². The molecular weight excluding hydrogens is 454 g/mol. The molecule has 5 nitrogen and oxygen atoms in total. The molecular formula is C10H18I2O5. The molecule has 0 fully saturated rings. The molecule has 1 unspecified atom stereocenters. The molecule has 0 radical (unpaired) electrons. The third-order valence-electron chi connectivity index (χ3n) is 1.66. The lowest BCUT2D eigenvalue weighted by Gasteiger charge is -2.16. The Balaban J connectivity index is 0. The molecule has 17 heavy (non-hydrogen) atoms. The molecule has 102 valence electrons. The minimum Gasteiger partial charge on any atom is -0.462 e. The van der Waals surface area contributed by atoms with Crippen LogP contribution in [0.2, 0.25) is 0 Å². The van der Waals surface area contributed by atoms with Crippen molar-refractivity contribution in [3.05, 3.63) is 0 Å². The van der Waals surface area contributed by atoms with Gasteiger partial charge in [-0.2, -0.15) is 0 Å². The van der Waals surface area contributed by atoms with Gasteiger partial charge in [0.05, 0.1) is 6.61 Å². The van der Waals surface area contributed by atoms with Gasteiger partial charge in [-0.1, -0.05) is 13.8 Å². The van der Waals surface area contributed by atoms with E-state index in [1.165, 1.54) is 7.11 Å². The second-order valence-electron chi connectivity index (χ2n) is 2.96. The molecule has 0 aliphatic carbocycles. The highest BCUT2D eigenvalue weighted by Crippen LogP contribution is 1.99. The summed E-state index contributed by atoms with van der Waals surface area (Å²) < 4.78 is 14.7. The van der Waals surface area contributed by atoms with Crippen LogP contribution in [0, 0.1) is 0 Å².